The third-order valence-electron chi connectivity index (χ3n) is 5.11. The van der Waals surface area contributed by atoms with Crippen molar-refractivity contribution in [1.82, 2.24) is 5.32 Å². The maximum Gasteiger partial charge on any atom is 0.251 e. The largest absolute Gasteiger partial charge is 0.494 e. The smallest absolute Gasteiger partial charge is 0.251 e. The fraction of sp³-hybridized carbons (Fsp3) is 0.400. The number of hydrogen-bond donors (Lipinski definition) is 1. The maximum atomic E-state index is 12.6. The second-order valence-corrected chi connectivity index (χ2v) is 7.35. The number of benzene rings is 2. The molecule has 1 amide bonds. The topological polar surface area (TPSA) is 47.6 Å². The van der Waals surface area contributed by atoms with E-state index in [1.54, 1.807) is 0 Å². The normalized spacial score (nSPS) is 13.6. The van der Waals surface area contributed by atoms with E-state index in [-0.39, 0.29) is 5.91 Å². The number of hydrogen-bond acceptors (Lipinski definition) is 3. The minimum absolute atomic E-state index is 0.0474. The van der Waals surface area contributed by atoms with Crippen LogP contribution in [0.15, 0.2) is 60.2 Å². The average molecular weight is 394 g/mol. The Morgan fingerprint density at radius 3 is 2.69 bits per heavy atom. The third-order valence-corrected chi connectivity index (χ3v) is 5.11. The van der Waals surface area contributed by atoms with Gasteiger partial charge >= 0.3 is 0 Å². The number of carbonyl (C=O) groups excluding carboxylic acids is 1. The standard InChI is InChI=1S/C25H31NO3/c1-2-29-24-14-13-22(25(27)26-16-15-20-9-5-3-6-10-20)17-23(24)19-28-18-21-11-7-4-8-12-21/h4,7-9,11-14,17H,2-3,5-6,10,15-16,18-19H2,1H3,(H,26,27). The molecule has 0 aliphatic heterocycles. The monoisotopic (exact) mass is 393 g/mol. The molecule has 0 fully saturated rings. The number of ether oxygens (including phenoxy) is 2. The summed E-state index contributed by atoms with van der Waals surface area (Å²) in [6.07, 6.45) is 8.17. The van der Waals surface area contributed by atoms with E-state index < -0.39 is 0 Å². The summed E-state index contributed by atoms with van der Waals surface area (Å²) in [4.78, 5) is 12.6. The first-order valence-corrected chi connectivity index (χ1v) is 10.6. The van der Waals surface area contributed by atoms with Gasteiger partial charge in [-0.1, -0.05) is 42.0 Å². The SMILES string of the molecule is CCOc1ccc(C(=O)NCCC2=CCCCC2)cc1COCc1ccccc1. The molecule has 0 unspecified atom stereocenters. The van der Waals surface area contributed by atoms with Gasteiger partial charge in [0.25, 0.3) is 5.91 Å². The van der Waals surface area contributed by atoms with Gasteiger partial charge in [0.15, 0.2) is 0 Å². The summed E-state index contributed by atoms with van der Waals surface area (Å²) >= 11 is 0. The molecule has 0 aromatic heterocycles. The highest BCUT2D eigenvalue weighted by Crippen LogP contribution is 2.22. The van der Waals surface area contributed by atoms with Gasteiger partial charge in [0, 0.05) is 17.7 Å². The number of nitrogens with one attached hydrogen (secondary N) is 1. The van der Waals surface area contributed by atoms with Crippen molar-refractivity contribution in [2.24, 2.45) is 0 Å². The number of carbonyl (C=O) groups is 1. The van der Waals surface area contributed by atoms with Crippen LogP contribution in [0.5, 0.6) is 5.75 Å². The van der Waals surface area contributed by atoms with Gasteiger partial charge in [-0.15, -0.1) is 0 Å². The van der Waals surface area contributed by atoms with Crippen LogP contribution in [0, 0.1) is 0 Å². The first-order chi connectivity index (χ1) is 14.3. The molecular weight excluding hydrogens is 362 g/mol. The molecule has 0 heterocycles. The van der Waals surface area contributed by atoms with Crippen LogP contribution >= 0.6 is 0 Å². The molecule has 0 radical (unpaired) electrons. The Bertz CT molecular complexity index is 814. The van der Waals surface area contributed by atoms with Gasteiger partial charge in [-0.3, -0.25) is 4.79 Å². The molecule has 0 bridgehead atoms. The van der Waals surface area contributed by atoms with Crippen LogP contribution in [0.1, 0.15) is 60.5 Å². The van der Waals surface area contributed by atoms with Crippen LogP contribution < -0.4 is 10.1 Å². The quantitative estimate of drug-likeness (QED) is 0.548. The summed E-state index contributed by atoms with van der Waals surface area (Å²) in [7, 11) is 0. The zero-order valence-electron chi connectivity index (χ0n) is 17.3. The lowest BCUT2D eigenvalue weighted by Crippen LogP contribution is -2.25. The van der Waals surface area contributed by atoms with Crippen LogP contribution in [0.3, 0.4) is 0 Å². The number of rotatable bonds is 10. The molecule has 29 heavy (non-hydrogen) atoms. The summed E-state index contributed by atoms with van der Waals surface area (Å²) in [6, 6.07) is 15.6. The van der Waals surface area contributed by atoms with E-state index in [0.29, 0.717) is 31.9 Å². The highest BCUT2D eigenvalue weighted by atomic mass is 16.5. The molecule has 2 aromatic rings. The molecule has 1 aliphatic carbocycles. The molecule has 2 aromatic carbocycles. The molecule has 4 heteroatoms. The van der Waals surface area contributed by atoms with Crippen molar-refractivity contribution < 1.29 is 14.3 Å². The highest BCUT2D eigenvalue weighted by molar-refractivity contribution is 5.94. The van der Waals surface area contributed by atoms with E-state index in [9.17, 15) is 4.79 Å². The van der Waals surface area contributed by atoms with Gasteiger partial charge in [0.1, 0.15) is 5.75 Å². The lowest BCUT2D eigenvalue weighted by atomic mass is 9.97. The van der Waals surface area contributed by atoms with Crippen molar-refractivity contribution >= 4 is 5.91 Å². The number of allylic oxidation sites excluding steroid dienone is 1. The Hall–Kier alpha value is -2.59. The number of amides is 1. The van der Waals surface area contributed by atoms with E-state index in [1.165, 1.54) is 31.3 Å². The Morgan fingerprint density at radius 2 is 1.93 bits per heavy atom. The predicted octanol–water partition coefficient (Wildman–Crippen LogP) is 5.42. The Labute approximate surface area is 173 Å². The van der Waals surface area contributed by atoms with Crippen LogP contribution in [0.4, 0.5) is 0 Å². The molecule has 0 atom stereocenters. The Balaban J connectivity index is 1.57. The van der Waals surface area contributed by atoms with Crippen LogP contribution in [0.2, 0.25) is 0 Å². The lowest BCUT2D eigenvalue weighted by Gasteiger charge is -2.14. The van der Waals surface area contributed by atoms with Gasteiger partial charge in [0.05, 0.1) is 19.8 Å². The van der Waals surface area contributed by atoms with Gasteiger partial charge in [-0.2, -0.15) is 0 Å². The molecular formula is C25H31NO3. The van der Waals surface area contributed by atoms with Gasteiger partial charge < -0.3 is 14.8 Å². The van der Waals surface area contributed by atoms with E-state index in [2.05, 4.69) is 11.4 Å². The minimum atomic E-state index is -0.0474. The molecule has 0 saturated carbocycles. The Morgan fingerprint density at radius 1 is 1.07 bits per heavy atom. The van der Waals surface area contributed by atoms with E-state index >= 15 is 0 Å². The zero-order valence-corrected chi connectivity index (χ0v) is 17.3. The van der Waals surface area contributed by atoms with E-state index in [0.717, 1.165) is 23.3 Å². The first-order valence-electron chi connectivity index (χ1n) is 10.6. The van der Waals surface area contributed by atoms with Crippen LogP contribution in [0.25, 0.3) is 0 Å². The third kappa shape index (κ3) is 6.75. The molecule has 3 rings (SSSR count). The van der Waals surface area contributed by atoms with Crippen molar-refractivity contribution in [3.63, 3.8) is 0 Å². The van der Waals surface area contributed by atoms with Gasteiger partial charge in [-0.05, 0) is 62.8 Å². The maximum absolute atomic E-state index is 12.6. The molecule has 4 nitrogen and oxygen atoms in total. The van der Waals surface area contributed by atoms with Crippen molar-refractivity contribution in [3.05, 3.63) is 76.9 Å². The average Bonchev–Trinajstić information content (AvgIpc) is 2.76. The summed E-state index contributed by atoms with van der Waals surface area (Å²) in [5, 5.41) is 3.05. The van der Waals surface area contributed by atoms with E-state index in [4.69, 9.17) is 9.47 Å². The first kappa shape index (κ1) is 21.1. The van der Waals surface area contributed by atoms with Crippen LogP contribution in [-0.4, -0.2) is 19.1 Å². The molecule has 1 aliphatic rings. The van der Waals surface area contributed by atoms with E-state index in [1.807, 2.05) is 55.5 Å². The van der Waals surface area contributed by atoms with Crippen molar-refractivity contribution in [2.75, 3.05) is 13.2 Å². The molecule has 0 spiro atoms. The summed E-state index contributed by atoms with van der Waals surface area (Å²) in [5.41, 5.74) is 4.13. The highest BCUT2D eigenvalue weighted by Gasteiger charge is 2.11. The summed E-state index contributed by atoms with van der Waals surface area (Å²) in [6.45, 7) is 4.13. The second-order valence-electron chi connectivity index (χ2n) is 7.35. The molecule has 1 N–H and O–H groups in total. The molecule has 0 saturated heterocycles. The van der Waals surface area contributed by atoms with Crippen molar-refractivity contribution in [3.8, 4) is 5.75 Å². The van der Waals surface area contributed by atoms with Crippen molar-refractivity contribution in [1.29, 1.82) is 0 Å². The molecule has 154 valence electrons. The zero-order chi connectivity index (χ0) is 20.3. The fourth-order valence-electron chi connectivity index (χ4n) is 3.55. The minimum Gasteiger partial charge on any atom is -0.494 e. The van der Waals surface area contributed by atoms with Crippen molar-refractivity contribution in [2.45, 2.75) is 52.2 Å². The second kappa shape index (κ2) is 11.4. The Kier molecular flexibility index (Phi) is 8.32. The predicted molar refractivity (Wildman–Crippen MR) is 116 cm³/mol. The lowest BCUT2D eigenvalue weighted by molar-refractivity contribution is 0.0951. The van der Waals surface area contributed by atoms with Crippen LogP contribution in [-0.2, 0) is 18.0 Å². The summed E-state index contributed by atoms with van der Waals surface area (Å²) in [5.74, 6) is 0.721. The van der Waals surface area contributed by atoms with Gasteiger partial charge in [-0.25, -0.2) is 0 Å². The summed E-state index contributed by atoms with van der Waals surface area (Å²) < 4.78 is 11.6. The fourth-order valence-corrected chi connectivity index (χ4v) is 3.55. The van der Waals surface area contributed by atoms with Gasteiger partial charge in [0.2, 0.25) is 0 Å².